The van der Waals surface area contributed by atoms with E-state index < -0.39 is 0 Å². The summed E-state index contributed by atoms with van der Waals surface area (Å²) >= 11 is 0. The van der Waals surface area contributed by atoms with E-state index in [1.807, 2.05) is 21.8 Å². The number of pyridine rings is 1. The largest absolute Gasteiger partial charge is 0.373 e. The zero-order valence-electron chi connectivity index (χ0n) is 15.4. The number of hydrogen-bond donors (Lipinski definition) is 1. The van der Waals surface area contributed by atoms with Gasteiger partial charge in [-0.05, 0) is 24.1 Å². The fourth-order valence-electron chi connectivity index (χ4n) is 3.92. The highest BCUT2D eigenvalue weighted by Gasteiger charge is 2.27. The van der Waals surface area contributed by atoms with E-state index in [0.717, 1.165) is 47.9 Å². The normalized spacial score (nSPS) is 19.0. The third-order valence-corrected chi connectivity index (χ3v) is 5.37. The summed E-state index contributed by atoms with van der Waals surface area (Å²) in [5, 5.41) is 12.3. The first-order valence-electron chi connectivity index (χ1n) is 9.37. The number of carbonyl (C=O) groups is 1. The Bertz CT molecular complexity index is 1030. The molecule has 0 aromatic carbocycles. The van der Waals surface area contributed by atoms with Crippen LogP contribution < -0.4 is 5.32 Å². The standard InChI is InChI=1S/C19H21N7O2/c1-2-18(27)24-4-3-13(9-24)14-7-16(19-20-12-21-26(19)10-14)22-17-8-15-11-28-6-5-25(15)23-17/h2,7-8,10,12-13H,1,3-6,9,11H2,(H,22,23)/t13-/m1/s1. The summed E-state index contributed by atoms with van der Waals surface area (Å²) in [6.07, 6.45) is 5.82. The molecule has 1 amide bonds. The molecule has 3 aromatic rings. The Morgan fingerprint density at radius 2 is 2.29 bits per heavy atom. The average molecular weight is 379 g/mol. The molecule has 3 aromatic heterocycles. The maximum absolute atomic E-state index is 11.9. The van der Waals surface area contributed by atoms with E-state index in [0.29, 0.717) is 19.8 Å². The maximum Gasteiger partial charge on any atom is 0.245 e. The fraction of sp³-hybridized carbons (Fsp3) is 0.368. The Hall–Kier alpha value is -3.20. The Morgan fingerprint density at radius 1 is 1.36 bits per heavy atom. The van der Waals surface area contributed by atoms with Gasteiger partial charge in [-0.25, -0.2) is 9.50 Å². The van der Waals surface area contributed by atoms with Gasteiger partial charge in [-0.2, -0.15) is 10.2 Å². The SMILES string of the molecule is C=CC(=O)N1CC[C@@H](c2cc(Nc3cc4n(n3)CCOC4)c3ncnn3c2)C1. The molecule has 1 saturated heterocycles. The molecular weight excluding hydrogens is 358 g/mol. The van der Waals surface area contributed by atoms with Gasteiger partial charge in [0, 0.05) is 31.3 Å². The molecule has 1 atom stereocenters. The van der Waals surface area contributed by atoms with Crippen LogP contribution in [0.25, 0.3) is 5.65 Å². The third-order valence-electron chi connectivity index (χ3n) is 5.37. The van der Waals surface area contributed by atoms with Gasteiger partial charge >= 0.3 is 0 Å². The molecule has 5 heterocycles. The number of likely N-dealkylation sites (tertiary alicyclic amines) is 1. The highest BCUT2D eigenvalue weighted by Crippen LogP contribution is 2.31. The fourth-order valence-corrected chi connectivity index (χ4v) is 3.92. The number of anilines is 2. The van der Waals surface area contributed by atoms with E-state index in [4.69, 9.17) is 4.74 Å². The molecule has 0 unspecified atom stereocenters. The van der Waals surface area contributed by atoms with Gasteiger partial charge in [-0.15, -0.1) is 0 Å². The van der Waals surface area contributed by atoms with Crippen LogP contribution in [0.1, 0.15) is 23.6 Å². The van der Waals surface area contributed by atoms with Crippen LogP contribution >= 0.6 is 0 Å². The van der Waals surface area contributed by atoms with Gasteiger partial charge in [-0.3, -0.25) is 9.48 Å². The van der Waals surface area contributed by atoms with Crippen molar-refractivity contribution in [2.45, 2.75) is 25.5 Å². The molecular formula is C19H21N7O2. The smallest absolute Gasteiger partial charge is 0.245 e. The summed E-state index contributed by atoms with van der Waals surface area (Å²) in [5.74, 6) is 0.993. The summed E-state index contributed by atoms with van der Waals surface area (Å²) in [7, 11) is 0. The molecule has 0 aliphatic carbocycles. The maximum atomic E-state index is 11.9. The first-order valence-corrected chi connectivity index (χ1v) is 9.37. The van der Waals surface area contributed by atoms with Gasteiger partial charge in [0.1, 0.15) is 6.33 Å². The van der Waals surface area contributed by atoms with Gasteiger partial charge in [0.05, 0.1) is 31.1 Å². The molecule has 1 fully saturated rings. The van der Waals surface area contributed by atoms with Gasteiger partial charge in [0.2, 0.25) is 5.91 Å². The number of hydrogen-bond acceptors (Lipinski definition) is 6. The van der Waals surface area contributed by atoms with Crippen molar-refractivity contribution in [2.24, 2.45) is 0 Å². The summed E-state index contributed by atoms with van der Waals surface area (Å²) < 4.78 is 9.23. The van der Waals surface area contributed by atoms with Crippen LogP contribution in [0.4, 0.5) is 11.5 Å². The predicted molar refractivity (Wildman–Crippen MR) is 102 cm³/mol. The van der Waals surface area contributed by atoms with E-state index >= 15 is 0 Å². The zero-order valence-corrected chi connectivity index (χ0v) is 15.4. The summed E-state index contributed by atoms with van der Waals surface area (Å²) in [5.41, 5.74) is 3.76. The van der Waals surface area contributed by atoms with E-state index in [-0.39, 0.29) is 11.8 Å². The number of amides is 1. The van der Waals surface area contributed by atoms with Crippen LogP contribution in [-0.4, -0.2) is 54.9 Å². The lowest BCUT2D eigenvalue weighted by atomic mass is 10.00. The predicted octanol–water partition coefficient (Wildman–Crippen LogP) is 1.70. The second-order valence-corrected chi connectivity index (χ2v) is 7.11. The average Bonchev–Trinajstić information content (AvgIpc) is 3.45. The molecule has 28 heavy (non-hydrogen) atoms. The Morgan fingerprint density at radius 3 is 3.14 bits per heavy atom. The molecule has 0 saturated carbocycles. The quantitative estimate of drug-likeness (QED) is 0.694. The summed E-state index contributed by atoms with van der Waals surface area (Å²) in [6.45, 7) is 7.01. The van der Waals surface area contributed by atoms with Crippen molar-refractivity contribution in [3.8, 4) is 0 Å². The number of rotatable bonds is 4. The van der Waals surface area contributed by atoms with Gasteiger partial charge in [0.15, 0.2) is 11.5 Å². The van der Waals surface area contributed by atoms with Gasteiger partial charge < -0.3 is 15.0 Å². The lowest BCUT2D eigenvalue weighted by Gasteiger charge is -2.15. The lowest BCUT2D eigenvalue weighted by molar-refractivity contribution is -0.125. The van der Waals surface area contributed by atoms with E-state index in [9.17, 15) is 4.79 Å². The van der Waals surface area contributed by atoms with Crippen LogP contribution in [0, 0.1) is 0 Å². The molecule has 9 nitrogen and oxygen atoms in total. The van der Waals surface area contributed by atoms with Crippen molar-refractivity contribution in [3.63, 3.8) is 0 Å². The molecule has 0 spiro atoms. The Labute approximate surface area is 161 Å². The second kappa shape index (κ2) is 6.75. The van der Waals surface area contributed by atoms with E-state index in [1.54, 1.807) is 10.8 Å². The number of fused-ring (bicyclic) bond motifs is 2. The molecule has 0 bridgehead atoms. The van der Waals surface area contributed by atoms with Crippen molar-refractivity contribution in [3.05, 3.63) is 48.6 Å². The first-order chi connectivity index (χ1) is 13.7. The number of nitrogens with zero attached hydrogens (tertiary/aromatic N) is 6. The Balaban J connectivity index is 1.45. The van der Waals surface area contributed by atoms with E-state index in [2.05, 4.69) is 33.1 Å². The molecule has 5 rings (SSSR count). The van der Waals surface area contributed by atoms with Crippen LogP contribution in [-0.2, 0) is 22.7 Å². The lowest BCUT2D eigenvalue weighted by Crippen LogP contribution is -2.26. The van der Waals surface area contributed by atoms with E-state index in [1.165, 1.54) is 6.08 Å². The number of aromatic nitrogens is 5. The van der Waals surface area contributed by atoms with Crippen molar-refractivity contribution >= 4 is 23.1 Å². The highest BCUT2D eigenvalue weighted by atomic mass is 16.5. The molecule has 2 aliphatic rings. The number of nitrogens with one attached hydrogen (secondary N) is 1. The summed E-state index contributed by atoms with van der Waals surface area (Å²) in [4.78, 5) is 18.1. The molecule has 2 aliphatic heterocycles. The minimum Gasteiger partial charge on any atom is -0.373 e. The second-order valence-electron chi connectivity index (χ2n) is 7.11. The first kappa shape index (κ1) is 16.9. The molecule has 1 N–H and O–H groups in total. The van der Waals surface area contributed by atoms with Crippen molar-refractivity contribution in [2.75, 3.05) is 25.0 Å². The van der Waals surface area contributed by atoms with Gasteiger partial charge in [0.25, 0.3) is 0 Å². The molecule has 0 radical (unpaired) electrons. The highest BCUT2D eigenvalue weighted by molar-refractivity contribution is 5.87. The Kier molecular flexibility index (Phi) is 4.09. The van der Waals surface area contributed by atoms with Crippen LogP contribution in [0.15, 0.2) is 37.3 Å². The number of carbonyl (C=O) groups excluding carboxylic acids is 1. The van der Waals surface area contributed by atoms with Crippen LogP contribution in [0.2, 0.25) is 0 Å². The minimum atomic E-state index is -0.0199. The van der Waals surface area contributed by atoms with Crippen molar-refractivity contribution in [1.29, 1.82) is 0 Å². The van der Waals surface area contributed by atoms with Crippen molar-refractivity contribution in [1.82, 2.24) is 29.3 Å². The minimum absolute atomic E-state index is 0.0199. The van der Waals surface area contributed by atoms with Crippen molar-refractivity contribution < 1.29 is 9.53 Å². The zero-order chi connectivity index (χ0) is 19.1. The third kappa shape index (κ3) is 2.93. The number of ether oxygens (including phenoxy) is 1. The molecule has 9 heteroatoms. The van der Waals surface area contributed by atoms with Crippen LogP contribution in [0.5, 0.6) is 0 Å². The van der Waals surface area contributed by atoms with Crippen LogP contribution in [0.3, 0.4) is 0 Å². The monoisotopic (exact) mass is 379 g/mol. The topological polar surface area (TPSA) is 89.6 Å². The van der Waals surface area contributed by atoms with Gasteiger partial charge in [-0.1, -0.05) is 6.58 Å². The summed E-state index contributed by atoms with van der Waals surface area (Å²) in [6, 6.07) is 4.09. The molecule has 144 valence electrons.